The Hall–Kier alpha value is -2.89. The van der Waals surface area contributed by atoms with Gasteiger partial charge in [0.25, 0.3) is 0 Å². The van der Waals surface area contributed by atoms with Crippen LogP contribution in [0.15, 0.2) is 30.3 Å². The average molecular weight is 340 g/mol. The number of pyridine rings is 1. The molecule has 0 saturated carbocycles. The van der Waals surface area contributed by atoms with Crippen molar-refractivity contribution in [3.8, 4) is 5.88 Å². The molecule has 0 amide bonds. The van der Waals surface area contributed by atoms with Crippen molar-refractivity contribution in [3.05, 3.63) is 36.0 Å². The van der Waals surface area contributed by atoms with E-state index >= 15 is 0 Å². The van der Waals surface area contributed by atoms with Gasteiger partial charge in [-0.05, 0) is 33.8 Å². The normalized spacial score (nSPS) is 11.7. The number of esters is 1. The Kier molecular flexibility index (Phi) is 3.99. The number of nitrogens with zero attached hydrogens (tertiary/aromatic N) is 2. The highest BCUT2D eigenvalue weighted by Crippen LogP contribution is 2.33. The second kappa shape index (κ2) is 5.88. The van der Waals surface area contributed by atoms with Crippen LogP contribution in [0, 0.1) is 6.92 Å². The third kappa shape index (κ3) is 3.20. The van der Waals surface area contributed by atoms with Crippen molar-refractivity contribution in [2.75, 3.05) is 0 Å². The van der Waals surface area contributed by atoms with Gasteiger partial charge in [0.05, 0.1) is 16.7 Å². The number of ether oxygens (including phenoxy) is 2. The summed E-state index contributed by atoms with van der Waals surface area (Å²) >= 11 is 0. The van der Waals surface area contributed by atoms with Crippen LogP contribution in [0.25, 0.3) is 21.8 Å². The summed E-state index contributed by atoms with van der Waals surface area (Å²) in [6.45, 7) is 8.56. The predicted octanol–water partition coefficient (Wildman–Crippen LogP) is 4.21. The Morgan fingerprint density at radius 2 is 1.80 bits per heavy atom. The summed E-state index contributed by atoms with van der Waals surface area (Å²) < 4.78 is 12.2. The largest absolute Gasteiger partial charge is 0.443 e. The number of para-hydroxylation sites is 1. The summed E-state index contributed by atoms with van der Waals surface area (Å²) in [6.07, 6.45) is -0.469. The lowest BCUT2D eigenvalue weighted by molar-refractivity contribution is -0.132. The number of hydrogen-bond donors (Lipinski definition) is 0. The molecule has 0 N–H and O–H groups in total. The van der Waals surface area contributed by atoms with E-state index in [1.165, 1.54) is 11.5 Å². The van der Waals surface area contributed by atoms with E-state index in [0.717, 1.165) is 16.3 Å². The van der Waals surface area contributed by atoms with Crippen LogP contribution < -0.4 is 4.74 Å². The summed E-state index contributed by atoms with van der Waals surface area (Å²) in [4.78, 5) is 28.3. The van der Waals surface area contributed by atoms with Gasteiger partial charge in [-0.1, -0.05) is 18.2 Å². The highest BCUT2D eigenvalue weighted by molar-refractivity contribution is 6.13. The number of carbonyl (C=O) groups is 2. The van der Waals surface area contributed by atoms with Gasteiger partial charge < -0.3 is 9.47 Å². The van der Waals surface area contributed by atoms with Crippen molar-refractivity contribution in [3.63, 3.8) is 0 Å². The minimum atomic E-state index is -0.617. The highest BCUT2D eigenvalue weighted by Gasteiger charge is 2.24. The fourth-order valence-electron chi connectivity index (χ4n) is 2.84. The van der Waals surface area contributed by atoms with Crippen LogP contribution in [0.4, 0.5) is 4.79 Å². The predicted molar refractivity (Wildman–Crippen MR) is 94.9 cm³/mol. The molecule has 0 unspecified atom stereocenters. The monoisotopic (exact) mass is 340 g/mol. The molecule has 25 heavy (non-hydrogen) atoms. The minimum Gasteiger partial charge on any atom is -0.443 e. The number of benzene rings is 1. The molecule has 2 aromatic heterocycles. The molecule has 0 fully saturated rings. The van der Waals surface area contributed by atoms with Gasteiger partial charge >= 0.3 is 12.1 Å². The molecule has 2 heterocycles. The molecule has 130 valence electrons. The molecule has 0 saturated heterocycles. The molecule has 0 bridgehead atoms. The molecule has 3 rings (SSSR count). The van der Waals surface area contributed by atoms with Crippen molar-refractivity contribution in [2.24, 2.45) is 0 Å². The summed E-state index contributed by atoms with van der Waals surface area (Å²) in [5.74, 6) is -0.230. The van der Waals surface area contributed by atoms with Crippen LogP contribution in [-0.4, -0.2) is 27.2 Å². The van der Waals surface area contributed by atoms with Gasteiger partial charge in [-0.3, -0.25) is 4.79 Å². The Labute approximate surface area is 145 Å². The quantitative estimate of drug-likeness (QED) is 0.621. The Bertz CT molecular complexity index is 996. The van der Waals surface area contributed by atoms with E-state index in [0.29, 0.717) is 11.2 Å². The lowest BCUT2D eigenvalue weighted by atomic mass is 10.1. The van der Waals surface area contributed by atoms with Crippen LogP contribution in [0.1, 0.15) is 33.4 Å². The summed E-state index contributed by atoms with van der Waals surface area (Å²) in [5, 5.41) is 1.65. The van der Waals surface area contributed by atoms with Crippen molar-refractivity contribution in [2.45, 2.75) is 40.2 Å². The summed E-state index contributed by atoms with van der Waals surface area (Å²) in [7, 11) is 0. The second-order valence-electron chi connectivity index (χ2n) is 6.87. The zero-order valence-electron chi connectivity index (χ0n) is 14.9. The van der Waals surface area contributed by atoms with Crippen molar-refractivity contribution in [1.29, 1.82) is 0 Å². The van der Waals surface area contributed by atoms with Gasteiger partial charge in [0, 0.05) is 23.8 Å². The third-order valence-corrected chi connectivity index (χ3v) is 3.63. The smallest absolute Gasteiger partial charge is 0.419 e. The van der Waals surface area contributed by atoms with Crippen LogP contribution in [0.3, 0.4) is 0 Å². The maximum Gasteiger partial charge on any atom is 0.419 e. The first kappa shape index (κ1) is 17.0. The van der Waals surface area contributed by atoms with E-state index in [1.54, 1.807) is 13.0 Å². The van der Waals surface area contributed by atoms with Gasteiger partial charge in [0.15, 0.2) is 0 Å². The number of fused-ring (bicyclic) bond motifs is 3. The van der Waals surface area contributed by atoms with Crippen LogP contribution >= 0.6 is 0 Å². The maximum atomic E-state index is 12.8. The molecular weight excluding hydrogens is 320 g/mol. The number of carbonyl (C=O) groups excluding carboxylic acids is 2. The second-order valence-corrected chi connectivity index (χ2v) is 6.87. The van der Waals surface area contributed by atoms with Gasteiger partial charge in [-0.2, -0.15) is 0 Å². The van der Waals surface area contributed by atoms with Gasteiger partial charge in [0.1, 0.15) is 5.60 Å². The zero-order valence-corrected chi connectivity index (χ0v) is 14.9. The molecule has 6 nitrogen and oxygen atoms in total. The van der Waals surface area contributed by atoms with Crippen LogP contribution in [0.2, 0.25) is 0 Å². The first-order valence-corrected chi connectivity index (χ1v) is 8.00. The topological polar surface area (TPSA) is 70.4 Å². The standard InChI is InChI=1S/C19H20N2O4/c1-11-17-14(10-16(20-11)24-12(2)22)13-8-6-7-9-15(13)21(17)18(23)25-19(3,4)5/h6-10H,1-5H3. The SMILES string of the molecule is CC(=O)Oc1cc2c3ccccc3n(C(=O)OC(C)(C)C)c2c(C)n1. The molecule has 6 heteroatoms. The molecule has 0 aliphatic rings. The van der Waals surface area contributed by atoms with Gasteiger partial charge in [-0.25, -0.2) is 14.3 Å². The molecule has 0 atom stereocenters. The highest BCUT2D eigenvalue weighted by atomic mass is 16.6. The number of rotatable bonds is 1. The Morgan fingerprint density at radius 3 is 2.44 bits per heavy atom. The third-order valence-electron chi connectivity index (χ3n) is 3.63. The van der Waals surface area contributed by atoms with Gasteiger partial charge in [-0.15, -0.1) is 0 Å². The first-order chi connectivity index (χ1) is 11.7. The number of aromatic nitrogens is 2. The number of hydrogen-bond acceptors (Lipinski definition) is 5. The molecule has 3 aromatic rings. The van der Waals surface area contributed by atoms with E-state index < -0.39 is 17.7 Å². The Morgan fingerprint density at radius 1 is 1.12 bits per heavy atom. The summed E-state index contributed by atoms with van der Waals surface area (Å²) in [5.41, 5.74) is 1.33. The van der Waals surface area contributed by atoms with Crippen molar-refractivity contribution in [1.82, 2.24) is 9.55 Å². The molecule has 1 aromatic carbocycles. The maximum absolute atomic E-state index is 12.8. The molecule has 0 aliphatic heterocycles. The average Bonchev–Trinajstić information content (AvgIpc) is 2.80. The first-order valence-electron chi connectivity index (χ1n) is 8.00. The fraction of sp³-hybridized carbons (Fsp3) is 0.316. The zero-order chi connectivity index (χ0) is 18.4. The number of aryl methyl sites for hydroxylation is 1. The van der Waals surface area contributed by atoms with Crippen molar-refractivity contribution >= 4 is 33.9 Å². The lowest BCUT2D eigenvalue weighted by Crippen LogP contribution is -2.27. The van der Waals surface area contributed by atoms with E-state index in [1.807, 2.05) is 45.0 Å². The van der Waals surface area contributed by atoms with Crippen molar-refractivity contribution < 1.29 is 19.1 Å². The summed E-state index contributed by atoms with van der Waals surface area (Å²) in [6, 6.07) is 9.19. The fourth-order valence-corrected chi connectivity index (χ4v) is 2.84. The minimum absolute atomic E-state index is 0.213. The van der Waals surface area contributed by atoms with E-state index in [-0.39, 0.29) is 5.88 Å². The van der Waals surface area contributed by atoms with E-state index in [2.05, 4.69) is 4.98 Å². The molecule has 0 spiro atoms. The molecular formula is C19H20N2O4. The van der Waals surface area contributed by atoms with Gasteiger partial charge in [0.2, 0.25) is 5.88 Å². The molecule has 0 aliphatic carbocycles. The van der Waals surface area contributed by atoms with E-state index in [4.69, 9.17) is 9.47 Å². The lowest BCUT2D eigenvalue weighted by Gasteiger charge is -2.20. The molecule has 0 radical (unpaired) electrons. The van der Waals surface area contributed by atoms with E-state index in [9.17, 15) is 9.59 Å². The van der Waals surface area contributed by atoms with Crippen LogP contribution in [0.5, 0.6) is 5.88 Å². The van der Waals surface area contributed by atoms with Crippen LogP contribution in [-0.2, 0) is 9.53 Å². The Balaban J connectivity index is 2.31.